The van der Waals surface area contributed by atoms with Crippen LogP contribution in [0.3, 0.4) is 0 Å². The van der Waals surface area contributed by atoms with Crippen molar-refractivity contribution in [2.75, 3.05) is 5.43 Å². The molecule has 0 aliphatic carbocycles. The molecule has 0 aliphatic rings. The third-order valence-electron chi connectivity index (χ3n) is 1.00. The molecule has 0 saturated heterocycles. The number of halogens is 1. The molecule has 1 rings (SSSR count). The predicted molar refractivity (Wildman–Crippen MR) is 42.3 cm³/mol. The van der Waals surface area contributed by atoms with Crippen molar-refractivity contribution in [3.63, 3.8) is 0 Å². The van der Waals surface area contributed by atoms with Crippen LogP contribution >= 0.6 is 15.9 Å². The van der Waals surface area contributed by atoms with Crippen LogP contribution < -0.4 is 11.3 Å². The van der Waals surface area contributed by atoms with E-state index in [4.69, 9.17) is 5.84 Å². The standard InChI is InChI=1S/C5H7BrN4/c1-3-8-2-4(6)5(9-3)10-7/h2H,7H2,1H3,(H,8,9,10). The highest BCUT2D eigenvalue weighted by atomic mass is 79.9. The van der Waals surface area contributed by atoms with Gasteiger partial charge in [0.1, 0.15) is 5.82 Å². The van der Waals surface area contributed by atoms with Gasteiger partial charge in [-0.3, -0.25) is 0 Å². The van der Waals surface area contributed by atoms with Crippen LogP contribution in [0.1, 0.15) is 5.82 Å². The van der Waals surface area contributed by atoms with Crippen LogP contribution in [0.15, 0.2) is 10.7 Å². The Morgan fingerprint density at radius 1 is 1.70 bits per heavy atom. The molecule has 0 radical (unpaired) electrons. The third-order valence-corrected chi connectivity index (χ3v) is 1.58. The lowest BCUT2D eigenvalue weighted by molar-refractivity contribution is 1.03. The van der Waals surface area contributed by atoms with Crippen LogP contribution in [0.5, 0.6) is 0 Å². The maximum absolute atomic E-state index is 5.15. The van der Waals surface area contributed by atoms with Gasteiger partial charge in [0.2, 0.25) is 0 Å². The first-order valence-corrected chi connectivity index (χ1v) is 3.49. The molecule has 54 valence electrons. The van der Waals surface area contributed by atoms with Gasteiger partial charge in [-0.15, -0.1) is 0 Å². The molecule has 0 atom stereocenters. The quantitative estimate of drug-likeness (QED) is 0.524. The van der Waals surface area contributed by atoms with Crippen LogP contribution in [-0.2, 0) is 0 Å². The number of aromatic nitrogens is 2. The first-order chi connectivity index (χ1) is 4.74. The lowest BCUT2D eigenvalue weighted by atomic mass is 10.5. The van der Waals surface area contributed by atoms with Gasteiger partial charge in [0, 0.05) is 6.20 Å². The van der Waals surface area contributed by atoms with E-state index in [2.05, 4.69) is 31.3 Å². The number of nitrogen functional groups attached to an aromatic ring is 1. The molecule has 1 aromatic rings. The average Bonchev–Trinajstić information content (AvgIpc) is 1.94. The van der Waals surface area contributed by atoms with Crippen molar-refractivity contribution in [1.82, 2.24) is 9.97 Å². The van der Waals surface area contributed by atoms with E-state index in [0.29, 0.717) is 11.6 Å². The summed E-state index contributed by atoms with van der Waals surface area (Å²) in [5.74, 6) is 6.44. The van der Waals surface area contributed by atoms with Crippen molar-refractivity contribution >= 4 is 21.7 Å². The Bertz CT molecular complexity index is 237. The van der Waals surface area contributed by atoms with Gasteiger partial charge in [-0.2, -0.15) is 0 Å². The monoisotopic (exact) mass is 202 g/mol. The maximum Gasteiger partial charge on any atom is 0.158 e. The summed E-state index contributed by atoms with van der Waals surface area (Å²) >= 11 is 3.22. The van der Waals surface area contributed by atoms with Crippen LogP contribution in [0.4, 0.5) is 5.82 Å². The van der Waals surface area contributed by atoms with E-state index in [0.717, 1.165) is 4.47 Å². The number of hydrazine groups is 1. The summed E-state index contributed by atoms with van der Waals surface area (Å²) in [6, 6.07) is 0. The number of anilines is 1. The van der Waals surface area contributed by atoms with E-state index in [9.17, 15) is 0 Å². The van der Waals surface area contributed by atoms with Crippen LogP contribution in [-0.4, -0.2) is 9.97 Å². The molecule has 5 heteroatoms. The molecule has 0 amide bonds. The van der Waals surface area contributed by atoms with E-state index in [1.807, 2.05) is 0 Å². The number of hydrogen-bond donors (Lipinski definition) is 2. The van der Waals surface area contributed by atoms with Crippen LogP contribution in [0, 0.1) is 6.92 Å². The molecule has 0 unspecified atom stereocenters. The van der Waals surface area contributed by atoms with Crippen molar-refractivity contribution in [2.45, 2.75) is 6.92 Å². The molecule has 0 aromatic carbocycles. The summed E-state index contributed by atoms with van der Waals surface area (Å²) in [6.45, 7) is 1.80. The molecule has 0 fully saturated rings. The molecule has 10 heavy (non-hydrogen) atoms. The second-order valence-corrected chi connectivity index (χ2v) is 2.61. The Morgan fingerprint density at radius 2 is 2.40 bits per heavy atom. The second-order valence-electron chi connectivity index (χ2n) is 1.76. The number of rotatable bonds is 1. The first-order valence-electron chi connectivity index (χ1n) is 2.70. The summed E-state index contributed by atoms with van der Waals surface area (Å²) in [5, 5.41) is 0. The Hall–Kier alpha value is -0.680. The fourth-order valence-electron chi connectivity index (χ4n) is 0.557. The highest BCUT2D eigenvalue weighted by molar-refractivity contribution is 9.10. The van der Waals surface area contributed by atoms with Gasteiger partial charge in [0.05, 0.1) is 4.47 Å². The SMILES string of the molecule is Cc1ncc(Br)c(NN)n1. The number of aryl methyl sites for hydroxylation is 1. The molecule has 0 bridgehead atoms. The number of nitrogens with two attached hydrogens (primary N) is 1. The second kappa shape index (κ2) is 2.94. The Kier molecular flexibility index (Phi) is 2.18. The minimum Gasteiger partial charge on any atom is -0.307 e. The summed E-state index contributed by atoms with van der Waals surface area (Å²) in [6.07, 6.45) is 1.65. The number of hydrogen-bond acceptors (Lipinski definition) is 4. The number of nitrogens with zero attached hydrogens (tertiary/aromatic N) is 2. The van der Waals surface area contributed by atoms with Gasteiger partial charge in [0.15, 0.2) is 5.82 Å². The molecule has 0 aliphatic heterocycles. The number of nitrogens with one attached hydrogen (secondary N) is 1. The van der Waals surface area contributed by atoms with E-state index in [1.165, 1.54) is 0 Å². The topological polar surface area (TPSA) is 63.8 Å². The van der Waals surface area contributed by atoms with Gasteiger partial charge in [-0.05, 0) is 22.9 Å². The Morgan fingerprint density at radius 3 is 2.90 bits per heavy atom. The molecule has 1 heterocycles. The molecule has 3 N–H and O–H groups in total. The van der Waals surface area contributed by atoms with Crippen LogP contribution in [0.25, 0.3) is 0 Å². The van der Waals surface area contributed by atoms with Crippen LogP contribution in [0.2, 0.25) is 0 Å². The van der Waals surface area contributed by atoms with E-state index < -0.39 is 0 Å². The van der Waals surface area contributed by atoms with Crippen molar-refractivity contribution in [3.05, 3.63) is 16.5 Å². The smallest absolute Gasteiger partial charge is 0.158 e. The molecular weight excluding hydrogens is 196 g/mol. The summed E-state index contributed by atoms with van der Waals surface area (Å²) in [5.41, 5.74) is 2.44. The lowest BCUT2D eigenvalue weighted by Crippen LogP contribution is -2.10. The van der Waals surface area contributed by atoms with Gasteiger partial charge < -0.3 is 5.43 Å². The zero-order chi connectivity index (χ0) is 7.56. The van der Waals surface area contributed by atoms with Gasteiger partial charge in [0.25, 0.3) is 0 Å². The van der Waals surface area contributed by atoms with Crippen molar-refractivity contribution in [1.29, 1.82) is 0 Å². The average molecular weight is 203 g/mol. The molecule has 1 aromatic heterocycles. The normalized spacial score (nSPS) is 9.50. The Labute approximate surface area is 67.0 Å². The summed E-state index contributed by atoms with van der Waals surface area (Å²) in [7, 11) is 0. The Balaban J connectivity index is 3.09. The van der Waals surface area contributed by atoms with Crippen molar-refractivity contribution in [2.24, 2.45) is 5.84 Å². The van der Waals surface area contributed by atoms with Gasteiger partial charge in [-0.25, -0.2) is 15.8 Å². The minimum atomic E-state index is 0.604. The third kappa shape index (κ3) is 1.43. The summed E-state index contributed by atoms with van der Waals surface area (Å²) < 4.78 is 0.764. The largest absolute Gasteiger partial charge is 0.307 e. The fourth-order valence-corrected chi connectivity index (χ4v) is 0.862. The first kappa shape index (κ1) is 7.43. The fraction of sp³-hybridized carbons (Fsp3) is 0.200. The predicted octanol–water partition coefficient (Wildman–Crippen LogP) is 0.833. The molecule has 0 spiro atoms. The van der Waals surface area contributed by atoms with E-state index in [1.54, 1.807) is 13.1 Å². The van der Waals surface area contributed by atoms with Crippen molar-refractivity contribution in [3.8, 4) is 0 Å². The highest BCUT2D eigenvalue weighted by Gasteiger charge is 1.98. The van der Waals surface area contributed by atoms with Crippen molar-refractivity contribution < 1.29 is 0 Å². The highest BCUT2D eigenvalue weighted by Crippen LogP contribution is 2.16. The molecule has 0 saturated carbocycles. The zero-order valence-electron chi connectivity index (χ0n) is 5.43. The van der Waals surface area contributed by atoms with Gasteiger partial charge >= 0.3 is 0 Å². The van der Waals surface area contributed by atoms with Gasteiger partial charge in [-0.1, -0.05) is 0 Å². The van der Waals surface area contributed by atoms with E-state index in [-0.39, 0.29) is 0 Å². The minimum absolute atomic E-state index is 0.604. The lowest BCUT2D eigenvalue weighted by Gasteiger charge is -2.00. The van der Waals surface area contributed by atoms with E-state index >= 15 is 0 Å². The maximum atomic E-state index is 5.15. The molecular formula is C5H7BrN4. The zero-order valence-corrected chi connectivity index (χ0v) is 7.01. The summed E-state index contributed by atoms with van der Waals surface area (Å²) in [4.78, 5) is 7.93. The molecule has 4 nitrogen and oxygen atoms in total.